The highest BCUT2D eigenvalue weighted by atomic mass is 15.4. The van der Waals surface area contributed by atoms with Gasteiger partial charge in [-0.2, -0.15) is 0 Å². The smallest absolute Gasteiger partial charge is 0.0725 e. The monoisotopic (exact) mass is 152 g/mol. The molecule has 1 fully saturated rings. The molecule has 2 rings (SSSR count). The van der Waals surface area contributed by atoms with Crippen LogP contribution in [0.25, 0.3) is 0 Å². The maximum atomic E-state index is 3.87. The fourth-order valence-electron chi connectivity index (χ4n) is 1.28. The third-order valence-corrected chi connectivity index (χ3v) is 2.17. The second kappa shape index (κ2) is 2.62. The van der Waals surface area contributed by atoms with Crippen LogP contribution in [0.3, 0.4) is 0 Å². The van der Waals surface area contributed by atoms with Crippen molar-refractivity contribution < 1.29 is 0 Å². The van der Waals surface area contributed by atoms with E-state index in [1.165, 1.54) is 5.69 Å². The van der Waals surface area contributed by atoms with Gasteiger partial charge in [0.25, 0.3) is 0 Å². The first-order valence-electron chi connectivity index (χ1n) is 3.90. The van der Waals surface area contributed by atoms with E-state index in [0.717, 1.165) is 25.4 Å². The van der Waals surface area contributed by atoms with Crippen LogP contribution in [-0.4, -0.2) is 28.1 Å². The molecule has 0 atom stereocenters. The number of aryl methyl sites for hydroxylation is 1. The first-order chi connectivity index (χ1) is 5.36. The quantitative estimate of drug-likeness (QED) is 0.625. The average molecular weight is 152 g/mol. The van der Waals surface area contributed by atoms with E-state index in [1.807, 2.05) is 17.9 Å². The van der Waals surface area contributed by atoms with E-state index in [9.17, 15) is 0 Å². The van der Waals surface area contributed by atoms with Gasteiger partial charge in [-0.15, -0.1) is 5.10 Å². The summed E-state index contributed by atoms with van der Waals surface area (Å²) in [6.45, 7) is 2.29. The first-order valence-corrected chi connectivity index (χ1v) is 3.90. The van der Waals surface area contributed by atoms with E-state index in [4.69, 9.17) is 0 Å². The molecule has 0 unspecified atom stereocenters. The Kier molecular flexibility index (Phi) is 1.62. The minimum absolute atomic E-state index is 0.798. The van der Waals surface area contributed by atoms with Gasteiger partial charge in [-0.25, -0.2) is 0 Å². The molecule has 1 aromatic heterocycles. The standard InChI is InChI=1S/C7H12N4/c1-11-7(5-9-10-11)2-6-3-8-4-6/h5-6,8H,2-4H2,1H3. The van der Waals surface area contributed by atoms with Crippen LogP contribution in [0.15, 0.2) is 6.20 Å². The molecule has 0 aromatic carbocycles. The fourth-order valence-corrected chi connectivity index (χ4v) is 1.28. The third-order valence-electron chi connectivity index (χ3n) is 2.17. The SMILES string of the molecule is Cn1nncc1CC1CNC1. The van der Waals surface area contributed by atoms with Gasteiger partial charge in [-0.1, -0.05) is 5.21 Å². The van der Waals surface area contributed by atoms with E-state index in [0.29, 0.717) is 0 Å². The lowest BCUT2D eigenvalue weighted by atomic mass is 9.98. The van der Waals surface area contributed by atoms with Crippen LogP contribution in [0, 0.1) is 5.92 Å². The first kappa shape index (κ1) is 6.79. The van der Waals surface area contributed by atoms with Crippen molar-refractivity contribution in [2.45, 2.75) is 6.42 Å². The maximum Gasteiger partial charge on any atom is 0.0725 e. The number of hydrogen-bond donors (Lipinski definition) is 1. The highest BCUT2D eigenvalue weighted by molar-refractivity contribution is 4.97. The van der Waals surface area contributed by atoms with Crippen LogP contribution in [0.2, 0.25) is 0 Å². The second-order valence-corrected chi connectivity index (χ2v) is 3.08. The minimum Gasteiger partial charge on any atom is -0.316 e. The van der Waals surface area contributed by atoms with E-state index >= 15 is 0 Å². The summed E-state index contributed by atoms with van der Waals surface area (Å²) in [5.74, 6) is 0.798. The lowest BCUT2D eigenvalue weighted by Crippen LogP contribution is -2.43. The zero-order valence-corrected chi connectivity index (χ0v) is 6.62. The van der Waals surface area contributed by atoms with Crippen LogP contribution in [0.4, 0.5) is 0 Å². The molecule has 0 saturated carbocycles. The topological polar surface area (TPSA) is 42.7 Å². The summed E-state index contributed by atoms with van der Waals surface area (Å²) in [5, 5.41) is 10.9. The van der Waals surface area contributed by atoms with Crippen LogP contribution < -0.4 is 5.32 Å². The van der Waals surface area contributed by atoms with Gasteiger partial charge in [-0.3, -0.25) is 4.68 Å². The van der Waals surface area contributed by atoms with E-state index in [2.05, 4.69) is 15.6 Å². The van der Waals surface area contributed by atoms with Crippen molar-refractivity contribution in [1.82, 2.24) is 20.3 Å². The van der Waals surface area contributed by atoms with Crippen molar-refractivity contribution in [3.05, 3.63) is 11.9 Å². The predicted molar refractivity (Wildman–Crippen MR) is 41.1 cm³/mol. The van der Waals surface area contributed by atoms with Gasteiger partial charge in [0, 0.05) is 7.05 Å². The Morgan fingerprint density at radius 3 is 3.00 bits per heavy atom. The predicted octanol–water partition coefficient (Wildman–Crippen LogP) is -0.423. The van der Waals surface area contributed by atoms with Crippen LogP contribution >= 0.6 is 0 Å². The summed E-state index contributed by atoms with van der Waals surface area (Å²) < 4.78 is 1.85. The average Bonchev–Trinajstić information content (AvgIpc) is 2.27. The zero-order valence-electron chi connectivity index (χ0n) is 6.62. The molecule has 2 heterocycles. The normalized spacial score (nSPS) is 18.3. The summed E-state index contributed by atoms with van der Waals surface area (Å²) in [4.78, 5) is 0. The van der Waals surface area contributed by atoms with Crippen LogP contribution in [0.1, 0.15) is 5.69 Å². The van der Waals surface area contributed by atoms with Crippen LogP contribution in [0.5, 0.6) is 0 Å². The number of hydrogen-bond acceptors (Lipinski definition) is 3. The highest BCUT2D eigenvalue weighted by Crippen LogP contribution is 2.09. The lowest BCUT2D eigenvalue weighted by Gasteiger charge is -2.26. The molecule has 0 spiro atoms. The number of rotatable bonds is 2. The molecule has 11 heavy (non-hydrogen) atoms. The van der Waals surface area contributed by atoms with Crippen molar-refractivity contribution in [3.8, 4) is 0 Å². The van der Waals surface area contributed by atoms with Crippen molar-refractivity contribution in [1.29, 1.82) is 0 Å². The molecule has 0 amide bonds. The molecule has 1 aromatic rings. The van der Waals surface area contributed by atoms with Crippen molar-refractivity contribution in [3.63, 3.8) is 0 Å². The number of nitrogens with zero attached hydrogens (tertiary/aromatic N) is 3. The molecule has 0 aliphatic carbocycles. The molecule has 0 radical (unpaired) electrons. The highest BCUT2D eigenvalue weighted by Gasteiger charge is 2.18. The molecular formula is C7H12N4. The van der Waals surface area contributed by atoms with Gasteiger partial charge < -0.3 is 5.32 Å². The molecule has 4 nitrogen and oxygen atoms in total. The van der Waals surface area contributed by atoms with Gasteiger partial charge in [0.2, 0.25) is 0 Å². The van der Waals surface area contributed by atoms with Gasteiger partial charge in [0.05, 0.1) is 11.9 Å². The summed E-state index contributed by atoms with van der Waals surface area (Å²) in [7, 11) is 1.94. The number of nitrogens with one attached hydrogen (secondary N) is 1. The summed E-state index contributed by atoms with van der Waals surface area (Å²) >= 11 is 0. The van der Waals surface area contributed by atoms with Gasteiger partial charge in [0.15, 0.2) is 0 Å². The zero-order chi connectivity index (χ0) is 7.68. The summed E-state index contributed by atoms with van der Waals surface area (Å²) in [5.41, 5.74) is 1.23. The largest absolute Gasteiger partial charge is 0.316 e. The third kappa shape index (κ3) is 1.26. The molecule has 1 aliphatic rings. The summed E-state index contributed by atoms with van der Waals surface area (Å²) in [6, 6.07) is 0. The summed E-state index contributed by atoms with van der Waals surface area (Å²) in [6.07, 6.45) is 2.95. The molecule has 1 N–H and O–H groups in total. The van der Waals surface area contributed by atoms with Gasteiger partial charge in [0.1, 0.15) is 0 Å². The number of aromatic nitrogens is 3. The second-order valence-electron chi connectivity index (χ2n) is 3.08. The Hall–Kier alpha value is -0.900. The van der Waals surface area contributed by atoms with Crippen LogP contribution in [-0.2, 0) is 13.5 Å². The molecule has 1 aliphatic heterocycles. The molecular weight excluding hydrogens is 140 g/mol. The Balaban J connectivity index is 1.99. The van der Waals surface area contributed by atoms with Gasteiger partial charge >= 0.3 is 0 Å². The maximum absolute atomic E-state index is 3.87. The fraction of sp³-hybridized carbons (Fsp3) is 0.714. The van der Waals surface area contributed by atoms with Crippen molar-refractivity contribution in [2.24, 2.45) is 13.0 Å². The van der Waals surface area contributed by atoms with E-state index in [-0.39, 0.29) is 0 Å². The Morgan fingerprint density at radius 2 is 2.55 bits per heavy atom. The molecule has 4 heteroatoms. The minimum atomic E-state index is 0.798. The van der Waals surface area contributed by atoms with Gasteiger partial charge in [-0.05, 0) is 25.4 Å². The van der Waals surface area contributed by atoms with E-state index < -0.39 is 0 Å². The van der Waals surface area contributed by atoms with Crippen molar-refractivity contribution >= 4 is 0 Å². The van der Waals surface area contributed by atoms with E-state index in [1.54, 1.807) is 0 Å². The Labute approximate surface area is 65.6 Å². The molecule has 60 valence electrons. The Morgan fingerprint density at radius 1 is 1.73 bits per heavy atom. The molecule has 1 saturated heterocycles. The van der Waals surface area contributed by atoms with Crippen molar-refractivity contribution in [2.75, 3.05) is 13.1 Å². The lowest BCUT2D eigenvalue weighted by molar-refractivity contribution is 0.340. The Bertz CT molecular complexity index is 238. The molecule has 0 bridgehead atoms.